The number of hydrogen-bond donors (Lipinski definition) is 2. The van der Waals surface area contributed by atoms with E-state index in [4.69, 9.17) is 9.47 Å². The first-order valence-corrected chi connectivity index (χ1v) is 11.4. The van der Waals surface area contributed by atoms with E-state index in [9.17, 15) is 4.79 Å². The number of rotatable bonds is 7. The first kappa shape index (κ1) is 20.0. The van der Waals surface area contributed by atoms with Crippen LogP contribution in [0.25, 0.3) is 0 Å². The van der Waals surface area contributed by atoms with Gasteiger partial charge in [0.05, 0.1) is 19.0 Å². The topological polar surface area (TPSA) is 82.7 Å². The lowest BCUT2D eigenvalue weighted by Crippen LogP contribution is -3.14. The number of benzene rings is 1. The summed E-state index contributed by atoms with van der Waals surface area (Å²) in [5.74, 6) is 2.99. The molecule has 0 aliphatic carbocycles. The SMILES string of the molecule is CCn1c(SC)nnc1[C@H]1CCC[NH+](CC(=O)NCc2ccc3c(c2)OCO3)C1. The van der Waals surface area contributed by atoms with Gasteiger partial charge >= 0.3 is 0 Å². The van der Waals surface area contributed by atoms with E-state index in [1.54, 1.807) is 11.8 Å². The Bertz CT molecular complexity index is 872. The summed E-state index contributed by atoms with van der Waals surface area (Å²) in [7, 11) is 0. The van der Waals surface area contributed by atoms with Crippen LogP contribution in [0.15, 0.2) is 23.4 Å². The number of nitrogens with one attached hydrogen (secondary N) is 2. The van der Waals surface area contributed by atoms with E-state index in [1.807, 2.05) is 24.5 Å². The Morgan fingerprint density at radius 3 is 3.03 bits per heavy atom. The molecule has 1 saturated heterocycles. The minimum Gasteiger partial charge on any atom is -0.454 e. The first-order chi connectivity index (χ1) is 14.2. The Morgan fingerprint density at radius 1 is 1.34 bits per heavy atom. The highest BCUT2D eigenvalue weighted by Crippen LogP contribution is 2.32. The number of thioether (sulfide) groups is 1. The van der Waals surface area contributed by atoms with E-state index in [0.717, 1.165) is 60.5 Å². The molecular weight excluding hydrogens is 390 g/mol. The molecule has 29 heavy (non-hydrogen) atoms. The summed E-state index contributed by atoms with van der Waals surface area (Å²) in [6, 6.07) is 5.77. The van der Waals surface area contributed by atoms with Gasteiger partial charge in [-0.05, 0) is 43.7 Å². The lowest BCUT2D eigenvalue weighted by molar-refractivity contribution is -0.898. The monoisotopic (exact) mass is 418 g/mol. The van der Waals surface area contributed by atoms with E-state index >= 15 is 0 Å². The third-order valence-corrected chi connectivity index (χ3v) is 6.23. The number of aromatic nitrogens is 3. The summed E-state index contributed by atoms with van der Waals surface area (Å²) >= 11 is 1.63. The first-order valence-electron chi connectivity index (χ1n) is 10.1. The minimum atomic E-state index is 0.0695. The van der Waals surface area contributed by atoms with E-state index in [1.165, 1.54) is 4.90 Å². The second-order valence-corrected chi connectivity index (χ2v) is 8.25. The van der Waals surface area contributed by atoms with Gasteiger partial charge in [0.1, 0.15) is 5.82 Å². The number of fused-ring (bicyclic) bond motifs is 1. The van der Waals surface area contributed by atoms with Crippen LogP contribution in [-0.4, -0.2) is 53.4 Å². The number of nitrogens with zero attached hydrogens (tertiary/aromatic N) is 3. The van der Waals surface area contributed by atoms with Crippen molar-refractivity contribution in [3.8, 4) is 11.5 Å². The third-order valence-electron chi connectivity index (χ3n) is 5.56. The molecule has 4 rings (SSSR count). The molecule has 2 N–H and O–H groups in total. The van der Waals surface area contributed by atoms with Gasteiger partial charge < -0.3 is 24.3 Å². The smallest absolute Gasteiger partial charge is 0.275 e. The normalized spacial score (nSPS) is 20.6. The molecule has 3 heterocycles. The van der Waals surface area contributed by atoms with Crippen LogP contribution >= 0.6 is 11.8 Å². The summed E-state index contributed by atoms with van der Waals surface area (Å²) in [5.41, 5.74) is 1.01. The fraction of sp³-hybridized carbons (Fsp3) is 0.550. The quantitative estimate of drug-likeness (QED) is 0.648. The maximum Gasteiger partial charge on any atom is 0.275 e. The van der Waals surface area contributed by atoms with Gasteiger partial charge in [-0.15, -0.1) is 10.2 Å². The number of amides is 1. The van der Waals surface area contributed by atoms with Gasteiger partial charge in [0.15, 0.2) is 23.2 Å². The molecule has 2 aliphatic rings. The van der Waals surface area contributed by atoms with E-state index in [2.05, 4.69) is 27.0 Å². The highest BCUT2D eigenvalue weighted by Gasteiger charge is 2.30. The molecule has 0 radical (unpaired) electrons. The highest BCUT2D eigenvalue weighted by atomic mass is 32.2. The standard InChI is InChI=1S/C20H27N5O3S/c1-3-25-19(22-23-20(25)29-2)15-5-4-8-24(11-15)12-18(26)21-10-14-6-7-16-17(9-14)28-13-27-16/h6-7,9,15H,3-5,8,10-13H2,1-2H3,(H,21,26)/p+1/t15-/m0/s1. The highest BCUT2D eigenvalue weighted by molar-refractivity contribution is 7.98. The van der Waals surface area contributed by atoms with E-state index in [0.29, 0.717) is 19.0 Å². The van der Waals surface area contributed by atoms with Crippen molar-refractivity contribution >= 4 is 17.7 Å². The molecule has 2 atom stereocenters. The van der Waals surface area contributed by atoms with Crippen molar-refractivity contribution < 1.29 is 19.2 Å². The molecule has 1 amide bonds. The molecule has 1 fully saturated rings. The Balaban J connectivity index is 1.31. The maximum absolute atomic E-state index is 12.5. The molecule has 2 aromatic rings. The number of hydrogen-bond acceptors (Lipinski definition) is 6. The summed E-state index contributed by atoms with van der Waals surface area (Å²) < 4.78 is 12.9. The van der Waals surface area contributed by atoms with Gasteiger partial charge in [0.2, 0.25) is 6.79 Å². The molecular formula is C20H28N5O3S+. The molecule has 1 unspecified atom stereocenters. The Morgan fingerprint density at radius 2 is 2.21 bits per heavy atom. The number of piperidine rings is 1. The second-order valence-electron chi connectivity index (χ2n) is 7.47. The average molecular weight is 419 g/mol. The molecule has 0 bridgehead atoms. The summed E-state index contributed by atoms with van der Waals surface area (Å²) in [4.78, 5) is 13.8. The van der Waals surface area contributed by atoms with E-state index < -0.39 is 0 Å². The van der Waals surface area contributed by atoms with Crippen LogP contribution in [-0.2, 0) is 17.9 Å². The molecule has 8 nitrogen and oxygen atoms in total. The Hall–Kier alpha value is -2.26. The number of quaternary nitrogens is 1. The molecule has 0 spiro atoms. The van der Waals surface area contributed by atoms with Crippen molar-refractivity contribution in [3.05, 3.63) is 29.6 Å². The predicted molar refractivity (Wildman–Crippen MR) is 109 cm³/mol. The molecule has 156 valence electrons. The van der Waals surface area contributed by atoms with Gasteiger partial charge in [-0.3, -0.25) is 4.79 Å². The largest absolute Gasteiger partial charge is 0.454 e. The number of ether oxygens (including phenoxy) is 2. The van der Waals surface area contributed by atoms with Crippen molar-refractivity contribution in [2.75, 3.05) is 32.7 Å². The molecule has 1 aromatic heterocycles. The fourth-order valence-electron chi connectivity index (χ4n) is 4.12. The van der Waals surface area contributed by atoms with Gasteiger partial charge in [-0.25, -0.2) is 0 Å². The van der Waals surface area contributed by atoms with E-state index in [-0.39, 0.29) is 12.7 Å². The summed E-state index contributed by atoms with van der Waals surface area (Å²) in [6.07, 6.45) is 4.23. The fourth-order valence-corrected chi connectivity index (χ4v) is 4.69. The lowest BCUT2D eigenvalue weighted by Gasteiger charge is -2.29. The van der Waals surface area contributed by atoms with Gasteiger partial charge in [-0.1, -0.05) is 17.8 Å². The van der Waals surface area contributed by atoms with Gasteiger partial charge in [-0.2, -0.15) is 0 Å². The molecule has 1 aromatic carbocycles. The van der Waals surface area contributed by atoms with Crippen LogP contribution in [0.4, 0.5) is 0 Å². The predicted octanol–water partition coefficient (Wildman–Crippen LogP) is 0.827. The van der Waals surface area contributed by atoms with Gasteiger partial charge in [0.25, 0.3) is 5.91 Å². The summed E-state index contributed by atoms with van der Waals surface area (Å²) in [6.45, 7) is 6.18. The van der Waals surface area contributed by atoms with Crippen LogP contribution in [0.1, 0.15) is 37.1 Å². The molecule has 2 aliphatic heterocycles. The van der Waals surface area contributed by atoms with Crippen LogP contribution in [0.2, 0.25) is 0 Å². The molecule has 0 saturated carbocycles. The second kappa shape index (κ2) is 9.04. The zero-order chi connectivity index (χ0) is 20.2. The third kappa shape index (κ3) is 4.51. The van der Waals surface area contributed by atoms with Crippen LogP contribution in [0, 0.1) is 0 Å². The van der Waals surface area contributed by atoms with Crippen LogP contribution < -0.4 is 19.7 Å². The van der Waals surface area contributed by atoms with Gasteiger partial charge in [0, 0.05) is 13.1 Å². The minimum absolute atomic E-state index is 0.0695. The van der Waals surface area contributed by atoms with Crippen LogP contribution in [0.3, 0.4) is 0 Å². The summed E-state index contributed by atoms with van der Waals surface area (Å²) in [5, 5.41) is 12.8. The van der Waals surface area contributed by atoms with Crippen molar-refractivity contribution in [1.29, 1.82) is 0 Å². The van der Waals surface area contributed by atoms with Crippen molar-refractivity contribution in [2.24, 2.45) is 0 Å². The number of likely N-dealkylation sites (tertiary alicyclic amines) is 1. The zero-order valence-electron chi connectivity index (χ0n) is 16.9. The lowest BCUT2D eigenvalue weighted by atomic mass is 9.97. The van der Waals surface area contributed by atoms with Crippen molar-refractivity contribution in [2.45, 2.75) is 43.9 Å². The van der Waals surface area contributed by atoms with Crippen LogP contribution in [0.5, 0.6) is 11.5 Å². The van der Waals surface area contributed by atoms with Crippen molar-refractivity contribution in [3.63, 3.8) is 0 Å². The van der Waals surface area contributed by atoms with Crippen molar-refractivity contribution in [1.82, 2.24) is 20.1 Å². The Kier molecular flexibility index (Phi) is 6.25. The maximum atomic E-state index is 12.5. The molecule has 9 heteroatoms. The zero-order valence-corrected chi connectivity index (χ0v) is 17.8. The Labute approximate surface area is 175 Å². The average Bonchev–Trinajstić information content (AvgIpc) is 3.38. The number of carbonyl (C=O) groups is 1. The number of carbonyl (C=O) groups excluding carboxylic acids is 1.